The zero-order valence-electron chi connectivity index (χ0n) is 14.5. The summed E-state index contributed by atoms with van der Waals surface area (Å²) in [7, 11) is 0. The van der Waals surface area contributed by atoms with Gasteiger partial charge in [0, 0.05) is 37.3 Å². The number of nitrogens with one attached hydrogen (secondary N) is 3. The molecule has 3 N–H and O–H groups in total. The van der Waals surface area contributed by atoms with Gasteiger partial charge in [0.25, 0.3) is 5.91 Å². The topological polar surface area (TPSA) is 93.1 Å². The number of pyridine rings is 1. The predicted octanol–water partition coefficient (Wildman–Crippen LogP) is 0.668. The molecule has 3 aliphatic rings. The molecule has 0 spiro atoms. The Hall–Kier alpha value is -2.01. The third kappa shape index (κ3) is 3.13. The minimum atomic E-state index is -0.134. The highest BCUT2D eigenvalue weighted by atomic mass is 16.1. The number of amides is 1. The minimum absolute atomic E-state index is 0.134. The van der Waals surface area contributed by atoms with E-state index in [1.165, 1.54) is 12.6 Å². The Morgan fingerprint density at radius 1 is 1.40 bits per heavy atom. The number of nitriles is 1. The lowest BCUT2D eigenvalue weighted by Crippen LogP contribution is -2.54. The van der Waals surface area contributed by atoms with Crippen LogP contribution in [0.25, 0.3) is 0 Å². The van der Waals surface area contributed by atoms with Gasteiger partial charge < -0.3 is 5.32 Å². The van der Waals surface area contributed by atoms with Crippen LogP contribution in [0.5, 0.6) is 0 Å². The Kier molecular flexibility index (Phi) is 4.42. The van der Waals surface area contributed by atoms with Crippen molar-refractivity contribution >= 4 is 5.91 Å². The number of nitrogens with zero attached hydrogens (tertiary/aromatic N) is 3. The van der Waals surface area contributed by atoms with Gasteiger partial charge in [0.05, 0.1) is 11.7 Å². The standard InChI is InChI=1S/C18H24N6O/c1-11-7-12(9-19)10-20-16(11)18(25)21-13-3-4-15-14(8-13)17(23-22-15)24-5-2-6-24/h7,10,13-15,17,22-23H,2-6,8H2,1H3,(H,21,25). The second-order valence-corrected chi connectivity index (χ2v) is 7.38. The average molecular weight is 340 g/mol. The molecule has 7 nitrogen and oxygen atoms in total. The van der Waals surface area contributed by atoms with Crippen molar-refractivity contribution in [2.45, 2.75) is 50.9 Å². The van der Waals surface area contributed by atoms with Crippen LogP contribution in [0.3, 0.4) is 0 Å². The SMILES string of the molecule is Cc1cc(C#N)cnc1C(=O)NC1CCC2NNC(N3CCC3)C2C1. The smallest absolute Gasteiger partial charge is 0.270 e. The van der Waals surface area contributed by atoms with Crippen molar-refractivity contribution in [2.75, 3.05) is 13.1 Å². The quantitative estimate of drug-likeness (QED) is 0.749. The summed E-state index contributed by atoms with van der Waals surface area (Å²) >= 11 is 0. The fraction of sp³-hybridized carbons (Fsp3) is 0.611. The monoisotopic (exact) mass is 340 g/mol. The fourth-order valence-electron chi connectivity index (χ4n) is 4.27. The number of rotatable bonds is 3. The molecule has 2 aliphatic heterocycles. The maximum absolute atomic E-state index is 12.6. The summed E-state index contributed by atoms with van der Waals surface area (Å²) in [6.07, 6.45) is 6.14. The number of hydrazine groups is 1. The molecular formula is C18H24N6O. The molecule has 0 aromatic carbocycles. The molecule has 0 bridgehead atoms. The highest BCUT2D eigenvalue weighted by Gasteiger charge is 2.44. The molecule has 1 aliphatic carbocycles. The molecule has 132 valence electrons. The van der Waals surface area contributed by atoms with E-state index in [0.717, 1.165) is 37.9 Å². The molecule has 1 amide bonds. The van der Waals surface area contributed by atoms with E-state index < -0.39 is 0 Å². The Morgan fingerprint density at radius 3 is 2.92 bits per heavy atom. The van der Waals surface area contributed by atoms with Gasteiger partial charge in [0.1, 0.15) is 11.8 Å². The largest absolute Gasteiger partial charge is 0.348 e. The van der Waals surface area contributed by atoms with E-state index in [1.54, 1.807) is 6.07 Å². The van der Waals surface area contributed by atoms with E-state index in [0.29, 0.717) is 29.4 Å². The number of aromatic nitrogens is 1. The van der Waals surface area contributed by atoms with Crippen LogP contribution >= 0.6 is 0 Å². The van der Waals surface area contributed by atoms with Crippen molar-refractivity contribution in [3.63, 3.8) is 0 Å². The van der Waals surface area contributed by atoms with E-state index in [-0.39, 0.29) is 11.9 Å². The molecule has 1 saturated carbocycles. The first kappa shape index (κ1) is 16.5. The summed E-state index contributed by atoms with van der Waals surface area (Å²) in [5, 5.41) is 12.1. The summed E-state index contributed by atoms with van der Waals surface area (Å²) in [4.78, 5) is 19.3. The van der Waals surface area contributed by atoms with Gasteiger partial charge in [-0.2, -0.15) is 5.26 Å². The molecule has 1 aromatic heterocycles. The van der Waals surface area contributed by atoms with Crippen molar-refractivity contribution in [1.82, 2.24) is 26.1 Å². The van der Waals surface area contributed by atoms with Crippen LogP contribution in [0.2, 0.25) is 0 Å². The molecule has 3 heterocycles. The van der Waals surface area contributed by atoms with E-state index >= 15 is 0 Å². The lowest BCUT2D eigenvalue weighted by Gasteiger charge is -2.41. The average Bonchev–Trinajstić information content (AvgIpc) is 2.96. The second kappa shape index (κ2) is 6.71. The van der Waals surface area contributed by atoms with Gasteiger partial charge in [-0.1, -0.05) is 0 Å². The van der Waals surface area contributed by atoms with Crippen molar-refractivity contribution in [3.8, 4) is 6.07 Å². The van der Waals surface area contributed by atoms with Crippen molar-refractivity contribution in [1.29, 1.82) is 5.26 Å². The Balaban J connectivity index is 1.41. The zero-order valence-corrected chi connectivity index (χ0v) is 14.5. The van der Waals surface area contributed by atoms with Crippen LogP contribution in [0.15, 0.2) is 12.3 Å². The van der Waals surface area contributed by atoms with E-state index in [4.69, 9.17) is 5.26 Å². The maximum atomic E-state index is 12.6. The molecule has 7 heteroatoms. The van der Waals surface area contributed by atoms with Crippen LogP contribution in [-0.2, 0) is 0 Å². The summed E-state index contributed by atoms with van der Waals surface area (Å²) in [6, 6.07) is 4.44. The molecule has 25 heavy (non-hydrogen) atoms. The van der Waals surface area contributed by atoms with Crippen molar-refractivity contribution in [3.05, 3.63) is 29.1 Å². The van der Waals surface area contributed by atoms with Crippen LogP contribution in [0.4, 0.5) is 0 Å². The van der Waals surface area contributed by atoms with E-state index in [9.17, 15) is 4.79 Å². The lowest BCUT2D eigenvalue weighted by atomic mass is 9.80. The first-order valence-corrected chi connectivity index (χ1v) is 9.08. The number of fused-ring (bicyclic) bond motifs is 1. The second-order valence-electron chi connectivity index (χ2n) is 7.38. The predicted molar refractivity (Wildman–Crippen MR) is 92.3 cm³/mol. The van der Waals surface area contributed by atoms with Gasteiger partial charge in [-0.3, -0.25) is 15.1 Å². The Morgan fingerprint density at radius 2 is 2.24 bits per heavy atom. The highest BCUT2D eigenvalue weighted by molar-refractivity contribution is 5.93. The number of aryl methyl sites for hydroxylation is 1. The van der Waals surface area contributed by atoms with Gasteiger partial charge in [-0.25, -0.2) is 10.4 Å². The van der Waals surface area contributed by atoms with Crippen LogP contribution in [0, 0.1) is 24.2 Å². The summed E-state index contributed by atoms with van der Waals surface area (Å²) in [6.45, 7) is 4.15. The minimum Gasteiger partial charge on any atom is -0.348 e. The van der Waals surface area contributed by atoms with Crippen molar-refractivity contribution < 1.29 is 4.79 Å². The van der Waals surface area contributed by atoms with Crippen molar-refractivity contribution in [2.24, 2.45) is 5.92 Å². The fourth-order valence-corrected chi connectivity index (χ4v) is 4.27. The van der Waals surface area contributed by atoms with E-state index in [1.807, 2.05) is 6.92 Å². The molecule has 2 saturated heterocycles. The van der Waals surface area contributed by atoms with Crippen LogP contribution in [-0.4, -0.2) is 47.1 Å². The van der Waals surface area contributed by atoms with Crippen LogP contribution in [0.1, 0.15) is 47.3 Å². The highest BCUT2D eigenvalue weighted by Crippen LogP contribution is 2.33. The number of likely N-dealkylation sites (tertiary alicyclic amines) is 1. The molecule has 0 radical (unpaired) electrons. The molecule has 1 aromatic rings. The van der Waals surface area contributed by atoms with Gasteiger partial charge in [0.2, 0.25) is 0 Å². The number of carbonyl (C=O) groups excluding carboxylic acids is 1. The third-order valence-corrected chi connectivity index (χ3v) is 5.76. The Labute approximate surface area is 147 Å². The number of hydrogen-bond acceptors (Lipinski definition) is 6. The van der Waals surface area contributed by atoms with Gasteiger partial charge in [0.15, 0.2) is 0 Å². The number of carbonyl (C=O) groups is 1. The van der Waals surface area contributed by atoms with Gasteiger partial charge in [-0.05, 0) is 44.2 Å². The first-order chi connectivity index (χ1) is 12.2. The molecule has 4 atom stereocenters. The summed E-state index contributed by atoms with van der Waals surface area (Å²) in [5.74, 6) is 0.388. The normalized spacial score (nSPS) is 31.7. The summed E-state index contributed by atoms with van der Waals surface area (Å²) in [5.41, 5.74) is 8.53. The van der Waals surface area contributed by atoms with E-state index in [2.05, 4.69) is 32.1 Å². The third-order valence-electron chi connectivity index (χ3n) is 5.76. The molecular weight excluding hydrogens is 316 g/mol. The van der Waals surface area contributed by atoms with Gasteiger partial charge >= 0.3 is 0 Å². The lowest BCUT2D eigenvalue weighted by molar-refractivity contribution is 0.0609. The molecule has 4 rings (SSSR count). The Bertz CT molecular complexity index is 710. The molecule has 4 unspecified atom stereocenters. The number of hydrogen-bond donors (Lipinski definition) is 3. The summed E-state index contributed by atoms with van der Waals surface area (Å²) < 4.78 is 0. The zero-order chi connectivity index (χ0) is 17.4. The molecule has 3 fully saturated rings. The van der Waals surface area contributed by atoms with Crippen LogP contribution < -0.4 is 16.2 Å². The van der Waals surface area contributed by atoms with Gasteiger partial charge in [-0.15, -0.1) is 0 Å². The maximum Gasteiger partial charge on any atom is 0.270 e. The first-order valence-electron chi connectivity index (χ1n) is 9.08.